The number of nitrogens with two attached hydrogens (primary N) is 1. The van der Waals surface area contributed by atoms with Gasteiger partial charge in [-0.25, -0.2) is 4.90 Å². The lowest BCUT2D eigenvalue weighted by molar-refractivity contribution is -0.130. The number of rotatable bonds is 5. The van der Waals surface area contributed by atoms with E-state index in [1.165, 1.54) is 26.0 Å². The quantitative estimate of drug-likeness (QED) is 0.653. The van der Waals surface area contributed by atoms with Crippen LogP contribution >= 0.6 is 23.2 Å². The predicted octanol–water partition coefficient (Wildman–Crippen LogP) is 2.39. The molecule has 6 nitrogen and oxygen atoms in total. The molecular formula is C14H14Cl2N2O4. The van der Waals surface area contributed by atoms with Crippen molar-refractivity contribution in [3.8, 4) is 0 Å². The highest BCUT2D eigenvalue weighted by molar-refractivity contribution is 6.39. The van der Waals surface area contributed by atoms with Gasteiger partial charge in [0, 0.05) is 0 Å². The second-order valence-electron chi connectivity index (χ2n) is 4.71. The Morgan fingerprint density at radius 2 is 1.41 bits per heavy atom. The van der Waals surface area contributed by atoms with Crippen molar-refractivity contribution < 1.29 is 19.2 Å². The third-order valence-corrected chi connectivity index (χ3v) is 3.24. The van der Waals surface area contributed by atoms with Crippen molar-refractivity contribution in [2.24, 2.45) is 0 Å². The fourth-order valence-electron chi connectivity index (χ4n) is 1.71. The minimum Gasteiger partial charge on any atom is -0.397 e. The van der Waals surface area contributed by atoms with E-state index in [-0.39, 0.29) is 21.4 Å². The first kappa shape index (κ1) is 18.1. The highest BCUT2D eigenvalue weighted by Crippen LogP contribution is 2.34. The molecule has 0 heterocycles. The summed E-state index contributed by atoms with van der Waals surface area (Å²) in [4.78, 5) is 47.3. The minimum atomic E-state index is -0.790. The van der Waals surface area contributed by atoms with Crippen LogP contribution in [0, 0.1) is 0 Å². The SMILES string of the molecule is CC(=O)CC(=O)N(C(=O)CC(C)=O)c1cc(Cl)c(N)cc1Cl. The summed E-state index contributed by atoms with van der Waals surface area (Å²) in [6.07, 6.45) is -0.996. The largest absolute Gasteiger partial charge is 0.397 e. The number of anilines is 2. The molecule has 0 spiro atoms. The van der Waals surface area contributed by atoms with Crippen LogP contribution in [0.3, 0.4) is 0 Å². The van der Waals surface area contributed by atoms with Crippen LogP contribution in [-0.4, -0.2) is 23.4 Å². The average molecular weight is 345 g/mol. The number of carbonyl (C=O) groups excluding carboxylic acids is 4. The van der Waals surface area contributed by atoms with Crippen LogP contribution in [0.2, 0.25) is 10.0 Å². The van der Waals surface area contributed by atoms with Crippen molar-refractivity contribution in [3.63, 3.8) is 0 Å². The first-order valence-corrected chi connectivity index (χ1v) is 6.98. The lowest BCUT2D eigenvalue weighted by Crippen LogP contribution is -2.39. The number of hydrogen-bond acceptors (Lipinski definition) is 5. The lowest BCUT2D eigenvalue weighted by Gasteiger charge is -2.22. The third-order valence-electron chi connectivity index (χ3n) is 2.61. The number of nitrogens with zero attached hydrogens (tertiary/aromatic N) is 1. The number of benzene rings is 1. The molecule has 2 amide bonds. The predicted molar refractivity (Wildman–Crippen MR) is 84.0 cm³/mol. The molecule has 0 unspecified atom stereocenters. The Balaban J connectivity index is 3.34. The van der Waals surface area contributed by atoms with Crippen LogP contribution in [0.5, 0.6) is 0 Å². The molecule has 0 atom stereocenters. The summed E-state index contributed by atoms with van der Waals surface area (Å²) in [5, 5.41) is 0.103. The zero-order valence-electron chi connectivity index (χ0n) is 12.0. The Morgan fingerprint density at radius 3 is 1.82 bits per heavy atom. The number of Topliss-reactive ketones (excluding diaryl/α,β-unsaturated/α-hetero) is 2. The number of ketones is 2. The lowest BCUT2D eigenvalue weighted by atomic mass is 10.2. The normalized spacial score (nSPS) is 10.2. The molecule has 1 rings (SSSR count). The van der Waals surface area contributed by atoms with Gasteiger partial charge in [0.15, 0.2) is 0 Å². The van der Waals surface area contributed by atoms with Gasteiger partial charge < -0.3 is 5.73 Å². The molecule has 0 radical (unpaired) electrons. The fourth-order valence-corrected chi connectivity index (χ4v) is 2.13. The molecule has 1 aromatic rings. The van der Waals surface area contributed by atoms with Gasteiger partial charge in [0.1, 0.15) is 11.6 Å². The molecule has 0 aliphatic rings. The Hall–Kier alpha value is -1.92. The number of halogens is 2. The minimum absolute atomic E-state index is 0.00991. The molecule has 118 valence electrons. The van der Waals surface area contributed by atoms with Gasteiger partial charge in [-0.1, -0.05) is 23.2 Å². The van der Waals surface area contributed by atoms with Gasteiger partial charge >= 0.3 is 0 Å². The van der Waals surface area contributed by atoms with Gasteiger partial charge in [-0.05, 0) is 26.0 Å². The van der Waals surface area contributed by atoms with Crippen LogP contribution < -0.4 is 10.6 Å². The zero-order valence-corrected chi connectivity index (χ0v) is 13.5. The topological polar surface area (TPSA) is 97.5 Å². The van der Waals surface area contributed by atoms with Crippen molar-refractivity contribution in [3.05, 3.63) is 22.2 Å². The monoisotopic (exact) mass is 344 g/mol. The summed E-state index contributed by atoms with van der Waals surface area (Å²) in [5.41, 5.74) is 5.75. The van der Waals surface area contributed by atoms with Crippen molar-refractivity contribution >= 4 is 58.0 Å². The number of carbonyl (C=O) groups is 4. The zero-order chi connectivity index (χ0) is 17.0. The highest BCUT2D eigenvalue weighted by Gasteiger charge is 2.27. The number of nitrogen functional groups attached to an aromatic ring is 1. The van der Waals surface area contributed by atoms with E-state index in [2.05, 4.69) is 0 Å². The van der Waals surface area contributed by atoms with Crippen molar-refractivity contribution in [1.29, 1.82) is 0 Å². The van der Waals surface area contributed by atoms with Crippen LogP contribution in [0.15, 0.2) is 12.1 Å². The highest BCUT2D eigenvalue weighted by atomic mass is 35.5. The molecule has 0 saturated heterocycles. The van der Waals surface area contributed by atoms with Gasteiger partial charge in [0.2, 0.25) is 11.8 Å². The van der Waals surface area contributed by atoms with E-state index >= 15 is 0 Å². The first-order valence-electron chi connectivity index (χ1n) is 6.22. The Bertz CT molecular complexity index is 630. The second-order valence-corrected chi connectivity index (χ2v) is 5.52. The number of amides is 2. The Labute approximate surface area is 137 Å². The molecule has 0 fully saturated rings. The van der Waals surface area contributed by atoms with E-state index in [4.69, 9.17) is 28.9 Å². The summed E-state index contributed by atoms with van der Waals surface area (Å²) in [6, 6.07) is 2.53. The van der Waals surface area contributed by atoms with E-state index in [1.54, 1.807) is 0 Å². The van der Waals surface area contributed by atoms with Crippen LogP contribution in [0.25, 0.3) is 0 Å². The standard InChI is InChI=1S/C14H14Cl2N2O4/c1-7(19)3-13(21)18(14(22)4-8(2)20)12-6-9(15)11(17)5-10(12)16/h5-6H,3-4,17H2,1-2H3. The molecule has 0 aromatic heterocycles. The smallest absolute Gasteiger partial charge is 0.241 e. The van der Waals surface area contributed by atoms with E-state index in [0.717, 1.165) is 0 Å². The summed E-state index contributed by atoms with van der Waals surface area (Å²) < 4.78 is 0. The summed E-state index contributed by atoms with van der Waals surface area (Å²) >= 11 is 11.9. The first-order chi connectivity index (χ1) is 10.1. The number of imide groups is 1. The average Bonchev–Trinajstić information content (AvgIpc) is 2.33. The van der Waals surface area contributed by atoms with Crippen LogP contribution in [-0.2, 0) is 19.2 Å². The summed E-state index contributed by atoms with van der Waals surface area (Å²) in [5.74, 6) is -2.44. The molecule has 8 heteroatoms. The van der Waals surface area contributed by atoms with E-state index in [9.17, 15) is 19.2 Å². The molecule has 0 saturated carbocycles. The molecule has 2 N–H and O–H groups in total. The van der Waals surface area contributed by atoms with Crippen LogP contribution in [0.1, 0.15) is 26.7 Å². The van der Waals surface area contributed by atoms with Crippen LogP contribution in [0.4, 0.5) is 11.4 Å². The summed E-state index contributed by atoms with van der Waals surface area (Å²) in [7, 11) is 0. The van der Waals surface area contributed by atoms with Gasteiger partial charge in [-0.15, -0.1) is 0 Å². The Morgan fingerprint density at radius 1 is 0.955 bits per heavy atom. The molecule has 0 aliphatic heterocycles. The molecule has 1 aromatic carbocycles. The van der Waals surface area contributed by atoms with Gasteiger partial charge in [-0.2, -0.15) is 0 Å². The molecule has 22 heavy (non-hydrogen) atoms. The van der Waals surface area contributed by atoms with E-state index < -0.39 is 36.2 Å². The van der Waals surface area contributed by atoms with Gasteiger partial charge in [0.25, 0.3) is 0 Å². The van der Waals surface area contributed by atoms with E-state index in [1.807, 2.05) is 0 Å². The van der Waals surface area contributed by atoms with Crippen molar-refractivity contribution in [2.75, 3.05) is 10.6 Å². The van der Waals surface area contributed by atoms with Crippen molar-refractivity contribution in [1.82, 2.24) is 0 Å². The fraction of sp³-hybridized carbons (Fsp3) is 0.286. The molecule has 0 bridgehead atoms. The van der Waals surface area contributed by atoms with Crippen molar-refractivity contribution in [2.45, 2.75) is 26.7 Å². The van der Waals surface area contributed by atoms with E-state index in [0.29, 0.717) is 4.90 Å². The number of hydrogen-bond donors (Lipinski definition) is 1. The second kappa shape index (κ2) is 7.38. The maximum absolute atomic E-state index is 12.2. The Kier molecular flexibility index (Phi) is 6.08. The molecule has 0 aliphatic carbocycles. The van der Waals surface area contributed by atoms with Gasteiger partial charge in [0.05, 0.1) is 34.3 Å². The summed E-state index contributed by atoms with van der Waals surface area (Å²) in [6.45, 7) is 2.42. The van der Waals surface area contributed by atoms with Gasteiger partial charge in [-0.3, -0.25) is 19.2 Å². The molecular weight excluding hydrogens is 331 g/mol. The maximum Gasteiger partial charge on any atom is 0.241 e. The maximum atomic E-state index is 12.2. The third kappa shape index (κ3) is 4.54.